The van der Waals surface area contributed by atoms with Gasteiger partial charge < -0.3 is 9.80 Å². The van der Waals surface area contributed by atoms with Gasteiger partial charge in [-0.2, -0.15) is 0 Å². The number of thioether (sulfide) groups is 1. The lowest BCUT2D eigenvalue weighted by Crippen LogP contribution is -2.46. The van der Waals surface area contributed by atoms with Crippen LogP contribution in [0.15, 0.2) is 54.6 Å². The zero-order valence-corrected chi connectivity index (χ0v) is 17.7. The van der Waals surface area contributed by atoms with E-state index in [0.717, 1.165) is 16.5 Å². The summed E-state index contributed by atoms with van der Waals surface area (Å²) in [4.78, 5) is 34.0. The van der Waals surface area contributed by atoms with Crippen molar-refractivity contribution in [2.24, 2.45) is 0 Å². The summed E-state index contributed by atoms with van der Waals surface area (Å²) < 4.78 is 0. The Balaban J connectivity index is 1.80. The zero-order chi connectivity index (χ0) is 20.5. The number of fused-ring (bicyclic) bond motifs is 1. The number of hydrogen-bond acceptors (Lipinski definition) is 4. The van der Waals surface area contributed by atoms with E-state index in [1.807, 2.05) is 42.5 Å². The number of likely N-dealkylation sites (N-methyl/N-ethyl adjacent to an activating group) is 1. The first kappa shape index (κ1) is 19.7. The van der Waals surface area contributed by atoms with E-state index < -0.39 is 6.04 Å². The summed E-state index contributed by atoms with van der Waals surface area (Å²) >= 11 is 7.61. The van der Waals surface area contributed by atoms with Crippen molar-refractivity contribution in [2.75, 3.05) is 25.7 Å². The van der Waals surface area contributed by atoms with E-state index in [1.165, 1.54) is 0 Å². The molecule has 0 spiro atoms. The number of para-hydroxylation sites is 1. The van der Waals surface area contributed by atoms with Crippen molar-refractivity contribution in [3.05, 3.63) is 65.2 Å². The molecule has 0 bridgehead atoms. The van der Waals surface area contributed by atoms with Crippen LogP contribution < -0.4 is 0 Å². The van der Waals surface area contributed by atoms with Gasteiger partial charge in [0, 0.05) is 35.8 Å². The van der Waals surface area contributed by atoms with E-state index in [-0.39, 0.29) is 11.8 Å². The van der Waals surface area contributed by atoms with Crippen LogP contribution in [0.5, 0.6) is 0 Å². The van der Waals surface area contributed by atoms with Crippen LogP contribution in [-0.4, -0.2) is 58.4 Å². The van der Waals surface area contributed by atoms with Crippen LogP contribution in [0.3, 0.4) is 0 Å². The normalized spacial score (nSPS) is 16.2. The number of nitrogens with zero attached hydrogens (tertiary/aromatic N) is 3. The second kappa shape index (κ2) is 8.05. The van der Waals surface area contributed by atoms with Crippen molar-refractivity contribution in [1.29, 1.82) is 0 Å². The fourth-order valence-electron chi connectivity index (χ4n) is 3.42. The molecule has 7 heteroatoms. The Morgan fingerprint density at radius 3 is 2.59 bits per heavy atom. The molecular formula is C22H20ClN3O2S. The molecule has 0 N–H and O–H groups in total. The molecule has 1 aliphatic heterocycles. The summed E-state index contributed by atoms with van der Waals surface area (Å²) in [5.74, 6) is 0.898. The minimum absolute atomic E-state index is 0.0559. The summed E-state index contributed by atoms with van der Waals surface area (Å²) in [6.45, 7) is 0. The van der Waals surface area contributed by atoms with Gasteiger partial charge in [-0.3, -0.25) is 9.59 Å². The van der Waals surface area contributed by atoms with Crippen LogP contribution in [-0.2, 0) is 4.79 Å². The molecule has 3 aromatic rings. The zero-order valence-electron chi connectivity index (χ0n) is 16.1. The minimum atomic E-state index is -0.451. The first-order chi connectivity index (χ1) is 14.0. The molecule has 0 saturated carbocycles. The second-order valence-electron chi connectivity index (χ2n) is 7.10. The van der Waals surface area contributed by atoms with Crippen molar-refractivity contribution >= 4 is 46.1 Å². The summed E-state index contributed by atoms with van der Waals surface area (Å²) in [5, 5.41) is 1.42. The molecule has 29 heavy (non-hydrogen) atoms. The Bertz CT molecular complexity index is 1090. The van der Waals surface area contributed by atoms with Gasteiger partial charge in [-0.25, -0.2) is 4.98 Å². The van der Waals surface area contributed by atoms with Gasteiger partial charge >= 0.3 is 0 Å². The number of pyridine rings is 1. The number of rotatable bonds is 3. The molecule has 1 aromatic heterocycles. The van der Waals surface area contributed by atoms with Crippen molar-refractivity contribution in [2.45, 2.75) is 6.04 Å². The van der Waals surface area contributed by atoms with Crippen LogP contribution in [0, 0.1) is 0 Å². The van der Waals surface area contributed by atoms with Crippen LogP contribution in [0.25, 0.3) is 22.2 Å². The third-order valence-corrected chi connectivity index (χ3v) is 6.22. The van der Waals surface area contributed by atoms with E-state index in [0.29, 0.717) is 27.9 Å². The second-order valence-corrected chi connectivity index (χ2v) is 8.54. The fraction of sp³-hybridized carbons (Fsp3) is 0.227. The first-order valence-corrected chi connectivity index (χ1v) is 10.7. The molecule has 1 saturated heterocycles. The molecule has 2 aromatic carbocycles. The third kappa shape index (κ3) is 3.82. The maximum atomic E-state index is 13.5. The summed E-state index contributed by atoms with van der Waals surface area (Å²) in [6, 6.07) is 16.3. The number of benzene rings is 2. The predicted molar refractivity (Wildman–Crippen MR) is 118 cm³/mol. The molecule has 2 heterocycles. The lowest BCUT2D eigenvalue weighted by atomic mass is 10.0. The van der Waals surface area contributed by atoms with E-state index in [4.69, 9.17) is 16.6 Å². The number of halogens is 1. The molecule has 1 aliphatic rings. The highest BCUT2D eigenvalue weighted by molar-refractivity contribution is 7.99. The highest BCUT2D eigenvalue weighted by Crippen LogP contribution is 2.30. The summed E-state index contributed by atoms with van der Waals surface area (Å²) in [5.41, 5.74) is 2.88. The molecule has 0 aliphatic carbocycles. The molecule has 5 nitrogen and oxygen atoms in total. The van der Waals surface area contributed by atoms with Gasteiger partial charge in [0.15, 0.2) is 0 Å². The maximum absolute atomic E-state index is 13.5. The molecule has 0 radical (unpaired) electrons. The highest BCUT2D eigenvalue weighted by atomic mass is 35.5. The van der Waals surface area contributed by atoms with E-state index in [9.17, 15) is 9.59 Å². The van der Waals surface area contributed by atoms with Gasteiger partial charge in [0.25, 0.3) is 5.91 Å². The lowest BCUT2D eigenvalue weighted by Gasteiger charge is -2.26. The molecular weight excluding hydrogens is 406 g/mol. The molecule has 1 fully saturated rings. The minimum Gasteiger partial charge on any atom is -0.347 e. The standard InChI is InChI=1S/C22H20ClN3O2S/c1-25(2)22(28)20-12-29-13-26(20)21(27)17-11-19(14-7-9-15(23)10-8-14)24-18-6-4-3-5-16(17)18/h3-11,20H,12-13H2,1-2H3/t20-/m1/s1. The number of carbonyl (C=O) groups is 2. The average molecular weight is 426 g/mol. The van der Waals surface area contributed by atoms with Crippen molar-refractivity contribution in [3.8, 4) is 11.3 Å². The predicted octanol–water partition coefficient (Wildman–Crippen LogP) is 4.16. The van der Waals surface area contributed by atoms with Gasteiger partial charge in [0.2, 0.25) is 5.91 Å². The van der Waals surface area contributed by atoms with Gasteiger partial charge in [0.05, 0.1) is 22.7 Å². The summed E-state index contributed by atoms with van der Waals surface area (Å²) in [6.07, 6.45) is 0. The van der Waals surface area contributed by atoms with Crippen LogP contribution >= 0.6 is 23.4 Å². The first-order valence-electron chi connectivity index (χ1n) is 9.21. The highest BCUT2D eigenvalue weighted by Gasteiger charge is 2.36. The summed E-state index contributed by atoms with van der Waals surface area (Å²) in [7, 11) is 3.43. The Morgan fingerprint density at radius 1 is 1.14 bits per heavy atom. The third-order valence-electron chi connectivity index (χ3n) is 4.96. The van der Waals surface area contributed by atoms with Crippen LogP contribution in [0.2, 0.25) is 5.02 Å². The Labute approximate surface area is 178 Å². The topological polar surface area (TPSA) is 53.5 Å². The van der Waals surface area contributed by atoms with Gasteiger partial charge in [0.1, 0.15) is 6.04 Å². The maximum Gasteiger partial charge on any atom is 0.256 e. The average Bonchev–Trinajstić information content (AvgIpc) is 3.22. The number of amides is 2. The van der Waals surface area contributed by atoms with Crippen LogP contribution in [0.4, 0.5) is 0 Å². The Kier molecular flexibility index (Phi) is 5.48. The van der Waals surface area contributed by atoms with Crippen LogP contribution in [0.1, 0.15) is 10.4 Å². The van der Waals surface area contributed by atoms with Crippen molar-refractivity contribution < 1.29 is 9.59 Å². The van der Waals surface area contributed by atoms with Gasteiger partial charge in [-0.1, -0.05) is 41.9 Å². The largest absolute Gasteiger partial charge is 0.347 e. The fourth-order valence-corrected chi connectivity index (χ4v) is 4.69. The number of aromatic nitrogens is 1. The SMILES string of the molecule is CN(C)C(=O)[C@H]1CSCN1C(=O)c1cc(-c2ccc(Cl)cc2)nc2ccccc12. The van der Waals surface area contributed by atoms with E-state index in [2.05, 4.69) is 0 Å². The molecule has 148 valence electrons. The monoisotopic (exact) mass is 425 g/mol. The Morgan fingerprint density at radius 2 is 1.86 bits per heavy atom. The lowest BCUT2D eigenvalue weighted by molar-refractivity contribution is -0.132. The number of hydrogen-bond donors (Lipinski definition) is 0. The van der Waals surface area contributed by atoms with E-state index >= 15 is 0 Å². The molecule has 0 unspecified atom stereocenters. The quantitative estimate of drug-likeness (QED) is 0.632. The number of carbonyl (C=O) groups excluding carboxylic acids is 2. The van der Waals surface area contributed by atoms with E-state index in [1.54, 1.807) is 47.8 Å². The smallest absolute Gasteiger partial charge is 0.256 e. The van der Waals surface area contributed by atoms with Crippen molar-refractivity contribution in [1.82, 2.24) is 14.8 Å². The Hall–Kier alpha value is -2.57. The van der Waals surface area contributed by atoms with Gasteiger partial charge in [-0.15, -0.1) is 11.8 Å². The van der Waals surface area contributed by atoms with Gasteiger partial charge in [-0.05, 0) is 24.3 Å². The molecule has 4 rings (SSSR count). The molecule has 1 atom stereocenters. The van der Waals surface area contributed by atoms with Crippen molar-refractivity contribution in [3.63, 3.8) is 0 Å². The molecule has 2 amide bonds.